The average Bonchev–Trinajstić information content (AvgIpc) is 2.14. The highest BCUT2D eigenvalue weighted by Crippen LogP contribution is 2.20. The van der Waals surface area contributed by atoms with Gasteiger partial charge in [-0.3, -0.25) is 4.90 Å². The largest absolute Gasteiger partial charge is 0.480 e. The Labute approximate surface area is 91.0 Å². The van der Waals surface area contributed by atoms with Crippen molar-refractivity contribution in [2.75, 3.05) is 26.2 Å². The van der Waals surface area contributed by atoms with Crippen LogP contribution in [0.3, 0.4) is 0 Å². The molecule has 4 nitrogen and oxygen atoms in total. The highest BCUT2D eigenvalue weighted by Gasteiger charge is 2.32. The van der Waals surface area contributed by atoms with E-state index in [9.17, 15) is 18.0 Å². The van der Waals surface area contributed by atoms with E-state index in [0.717, 1.165) is 0 Å². The monoisotopic (exact) mass is 241 g/mol. The van der Waals surface area contributed by atoms with Crippen molar-refractivity contribution in [3.05, 3.63) is 0 Å². The third-order valence-electron chi connectivity index (χ3n) is 2.38. The van der Waals surface area contributed by atoms with Gasteiger partial charge in [0.15, 0.2) is 0 Å². The summed E-state index contributed by atoms with van der Waals surface area (Å²) >= 11 is 0. The lowest BCUT2D eigenvalue weighted by molar-refractivity contribution is -0.153. The van der Waals surface area contributed by atoms with Gasteiger partial charge in [-0.25, -0.2) is 4.79 Å². The number of halogens is 3. The molecule has 1 heterocycles. The average molecular weight is 241 g/mol. The Morgan fingerprint density at radius 3 is 2.38 bits per heavy atom. The van der Waals surface area contributed by atoms with Crippen molar-refractivity contribution in [2.45, 2.75) is 25.1 Å². The molecule has 1 aliphatic rings. The van der Waals surface area contributed by atoms with Gasteiger partial charge in [0.1, 0.15) is 6.61 Å². The number of nitrogens with zero attached hydrogens (tertiary/aromatic N) is 1. The molecule has 0 spiro atoms. The molecule has 1 rings (SSSR count). The van der Waals surface area contributed by atoms with Gasteiger partial charge >= 0.3 is 12.1 Å². The summed E-state index contributed by atoms with van der Waals surface area (Å²) in [5, 5.41) is 8.36. The highest BCUT2D eigenvalue weighted by atomic mass is 19.4. The van der Waals surface area contributed by atoms with E-state index in [-0.39, 0.29) is 12.7 Å². The summed E-state index contributed by atoms with van der Waals surface area (Å²) in [6.07, 6.45) is -3.51. The third kappa shape index (κ3) is 5.32. The molecule has 0 aromatic heterocycles. The number of aliphatic carboxylic acids is 1. The SMILES string of the molecule is O=C(O)COC1CCN(CC(F)(F)F)CC1. The van der Waals surface area contributed by atoms with Crippen molar-refractivity contribution in [3.63, 3.8) is 0 Å². The van der Waals surface area contributed by atoms with Crippen LogP contribution in [-0.2, 0) is 9.53 Å². The van der Waals surface area contributed by atoms with Gasteiger partial charge in [0.05, 0.1) is 12.6 Å². The Hall–Kier alpha value is -0.820. The van der Waals surface area contributed by atoms with Gasteiger partial charge in [-0.05, 0) is 12.8 Å². The number of hydrogen-bond donors (Lipinski definition) is 1. The molecule has 0 atom stereocenters. The minimum atomic E-state index is -4.17. The second kappa shape index (κ2) is 5.49. The Balaban J connectivity index is 2.21. The zero-order chi connectivity index (χ0) is 12.2. The predicted octanol–water partition coefficient (Wildman–Crippen LogP) is 1.11. The topological polar surface area (TPSA) is 49.8 Å². The molecule has 7 heteroatoms. The van der Waals surface area contributed by atoms with Crippen LogP contribution in [0, 0.1) is 0 Å². The first-order valence-corrected chi connectivity index (χ1v) is 4.99. The molecule has 0 unspecified atom stereocenters. The number of ether oxygens (including phenoxy) is 1. The van der Waals surface area contributed by atoms with E-state index in [2.05, 4.69) is 0 Å². The van der Waals surface area contributed by atoms with Crippen molar-refractivity contribution in [1.82, 2.24) is 4.90 Å². The van der Waals surface area contributed by atoms with Crippen LogP contribution in [0.2, 0.25) is 0 Å². The van der Waals surface area contributed by atoms with Gasteiger partial charge in [0.2, 0.25) is 0 Å². The number of carboxylic acids is 1. The number of piperidine rings is 1. The maximum Gasteiger partial charge on any atom is 0.401 e. The van der Waals surface area contributed by atoms with E-state index < -0.39 is 18.7 Å². The van der Waals surface area contributed by atoms with Gasteiger partial charge < -0.3 is 9.84 Å². The molecular formula is C9H14F3NO3. The minimum Gasteiger partial charge on any atom is -0.480 e. The summed E-state index contributed by atoms with van der Waals surface area (Å²) in [6.45, 7) is -0.698. The van der Waals surface area contributed by atoms with Crippen molar-refractivity contribution >= 4 is 5.97 Å². The molecule has 16 heavy (non-hydrogen) atoms. The van der Waals surface area contributed by atoms with Crippen LogP contribution in [0.15, 0.2) is 0 Å². The minimum absolute atomic E-state index is 0.236. The number of carboxylic acid groups (broad SMARTS) is 1. The zero-order valence-corrected chi connectivity index (χ0v) is 8.66. The molecule has 1 aliphatic heterocycles. The molecule has 1 N–H and O–H groups in total. The van der Waals surface area contributed by atoms with Gasteiger partial charge in [0.25, 0.3) is 0 Å². The molecule has 1 saturated heterocycles. The van der Waals surface area contributed by atoms with Crippen LogP contribution >= 0.6 is 0 Å². The summed E-state index contributed by atoms with van der Waals surface area (Å²) in [5.74, 6) is -1.06. The first kappa shape index (κ1) is 13.2. The van der Waals surface area contributed by atoms with Crippen LogP contribution < -0.4 is 0 Å². The summed E-state index contributed by atoms with van der Waals surface area (Å²) in [6, 6.07) is 0. The van der Waals surface area contributed by atoms with Crippen LogP contribution in [0.1, 0.15) is 12.8 Å². The molecule has 0 bridgehead atoms. The fraction of sp³-hybridized carbons (Fsp3) is 0.889. The zero-order valence-electron chi connectivity index (χ0n) is 8.66. The van der Waals surface area contributed by atoms with E-state index in [1.165, 1.54) is 4.90 Å². The Kier molecular flexibility index (Phi) is 4.55. The van der Waals surface area contributed by atoms with Crippen LogP contribution in [0.25, 0.3) is 0 Å². The molecule has 0 aromatic rings. The van der Waals surface area contributed by atoms with E-state index >= 15 is 0 Å². The van der Waals surface area contributed by atoms with Gasteiger partial charge in [-0.1, -0.05) is 0 Å². The maximum atomic E-state index is 12.0. The van der Waals surface area contributed by atoms with E-state index in [0.29, 0.717) is 25.9 Å². The van der Waals surface area contributed by atoms with Gasteiger partial charge in [0, 0.05) is 13.1 Å². The van der Waals surface area contributed by atoms with Crippen molar-refractivity contribution in [3.8, 4) is 0 Å². The summed E-state index contributed by atoms with van der Waals surface area (Å²) in [4.78, 5) is 11.5. The fourth-order valence-electron chi connectivity index (χ4n) is 1.68. The number of alkyl halides is 3. The number of rotatable bonds is 4. The van der Waals surface area contributed by atoms with Crippen LogP contribution in [0.5, 0.6) is 0 Å². The predicted molar refractivity (Wildman–Crippen MR) is 49.1 cm³/mol. The number of hydrogen-bond acceptors (Lipinski definition) is 3. The van der Waals surface area contributed by atoms with E-state index in [1.807, 2.05) is 0 Å². The third-order valence-corrected chi connectivity index (χ3v) is 2.38. The molecule has 1 fully saturated rings. The molecule has 0 radical (unpaired) electrons. The second-order valence-corrected chi connectivity index (χ2v) is 3.80. The molecule has 0 saturated carbocycles. The Morgan fingerprint density at radius 2 is 1.94 bits per heavy atom. The quantitative estimate of drug-likeness (QED) is 0.801. The highest BCUT2D eigenvalue weighted by molar-refractivity contribution is 5.68. The normalized spacial score (nSPS) is 19.9. The van der Waals surface area contributed by atoms with Crippen LogP contribution in [-0.4, -0.2) is 54.5 Å². The lowest BCUT2D eigenvalue weighted by Crippen LogP contribution is -2.42. The lowest BCUT2D eigenvalue weighted by Gasteiger charge is -2.31. The number of likely N-dealkylation sites (tertiary alicyclic amines) is 1. The van der Waals surface area contributed by atoms with Crippen molar-refractivity contribution in [1.29, 1.82) is 0 Å². The van der Waals surface area contributed by atoms with Gasteiger partial charge in [-0.2, -0.15) is 13.2 Å². The first-order chi connectivity index (χ1) is 7.37. The smallest absolute Gasteiger partial charge is 0.401 e. The standard InChI is InChI=1S/C9H14F3NO3/c10-9(11,12)6-13-3-1-7(2-4-13)16-5-8(14)15/h7H,1-6H2,(H,14,15). The summed E-state index contributed by atoms with van der Waals surface area (Å²) in [7, 11) is 0. The van der Waals surface area contributed by atoms with E-state index in [4.69, 9.17) is 9.84 Å². The van der Waals surface area contributed by atoms with Gasteiger partial charge in [-0.15, -0.1) is 0 Å². The van der Waals surface area contributed by atoms with Crippen molar-refractivity contribution in [2.24, 2.45) is 0 Å². The molecule has 0 aromatic carbocycles. The lowest BCUT2D eigenvalue weighted by atomic mass is 10.1. The summed E-state index contributed by atoms with van der Waals surface area (Å²) in [5.41, 5.74) is 0. The molecule has 0 amide bonds. The second-order valence-electron chi connectivity index (χ2n) is 3.80. The van der Waals surface area contributed by atoms with Crippen molar-refractivity contribution < 1.29 is 27.8 Å². The molecular weight excluding hydrogens is 227 g/mol. The Bertz CT molecular complexity index is 237. The molecule has 0 aliphatic carbocycles. The maximum absolute atomic E-state index is 12.0. The fourth-order valence-corrected chi connectivity index (χ4v) is 1.68. The van der Waals surface area contributed by atoms with E-state index in [1.54, 1.807) is 0 Å². The Morgan fingerprint density at radius 1 is 1.38 bits per heavy atom. The number of carbonyl (C=O) groups is 1. The molecule has 94 valence electrons. The summed E-state index contributed by atoms with van der Waals surface area (Å²) < 4.78 is 41.1. The first-order valence-electron chi connectivity index (χ1n) is 4.99. The van der Waals surface area contributed by atoms with Crippen LogP contribution in [0.4, 0.5) is 13.2 Å².